The number of piperazine rings is 1. The van der Waals surface area contributed by atoms with Crippen molar-refractivity contribution in [2.75, 3.05) is 26.2 Å². The molecule has 0 aliphatic carbocycles. The maximum atomic E-state index is 12.7. The van der Waals surface area contributed by atoms with E-state index in [0.717, 1.165) is 19.6 Å². The first-order valence-electron chi connectivity index (χ1n) is 10.7. The minimum Gasteiger partial charge on any atom is -0.451 e. The van der Waals surface area contributed by atoms with Crippen LogP contribution in [0.25, 0.3) is 0 Å². The molecule has 0 radical (unpaired) electrons. The Balaban J connectivity index is 1.45. The number of hydrogen-bond acceptors (Lipinski definition) is 5. The SMILES string of the molecule is CC(OC(=O)[C@H](C)NC(=O)c1ccccc1Cl)C(=O)N1CCN(Cc2ccccc2)CC1. The maximum Gasteiger partial charge on any atom is 0.329 e. The van der Waals surface area contributed by atoms with Crippen LogP contribution in [-0.4, -0.2) is 65.9 Å². The number of nitrogens with zero attached hydrogens (tertiary/aromatic N) is 2. The summed E-state index contributed by atoms with van der Waals surface area (Å²) in [4.78, 5) is 41.5. The second kappa shape index (κ2) is 11.1. The van der Waals surface area contributed by atoms with Crippen LogP contribution in [0.4, 0.5) is 0 Å². The topological polar surface area (TPSA) is 78.9 Å². The van der Waals surface area contributed by atoms with Crippen molar-refractivity contribution in [3.63, 3.8) is 0 Å². The summed E-state index contributed by atoms with van der Waals surface area (Å²) < 4.78 is 5.33. The Hall–Kier alpha value is -2.90. The molecule has 0 saturated carbocycles. The third-order valence-electron chi connectivity index (χ3n) is 5.39. The molecule has 1 aliphatic heterocycles. The van der Waals surface area contributed by atoms with Gasteiger partial charge >= 0.3 is 5.97 Å². The van der Waals surface area contributed by atoms with E-state index in [9.17, 15) is 14.4 Å². The quantitative estimate of drug-likeness (QED) is 0.647. The van der Waals surface area contributed by atoms with Gasteiger partial charge in [0.05, 0.1) is 10.6 Å². The molecule has 1 unspecified atom stereocenters. The van der Waals surface area contributed by atoms with Gasteiger partial charge in [-0.3, -0.25) is 14.5 Å². The van der Waals surface area contributed by atoms with Crippen LogP contribution in [0, 0.1) is 0 Å². The predicted octanol–water partition coefficient (Wildman–Crippen LogP) is 2.73. The number of benzene rings is 2. The summed E-state index contributed by atoms with van der Waals surface area (Å²) in [5.74, 6) is -1.38. The van der Waals surface area contributed by atoms with Gasteiger partial charge in [0.15, 0.2) is 6.10 Å². The highest BCUT2D eigenvalue weighted by Gasteiger charge is 2.29. The van der Waals surface area contributed by atoms with Gasteiger partial charge in [0.1, 0.15) is 6.04 Å². The Morgan fingerprint density at radius 2 is 1.59 bits per heavy atom. The number of carbonyl (C=O) groups excluding carboxylic acids is 3. The molecule has 0 spiro atoms. The molecule has 1 aliphatic rings. The van der Waals surface area contributed by atoms with Crippen LogP contribution < -0.4 is 5.32 Å². The number of rotatable bonds is 7. The van der Waals surface area contributed by atoms with Gasteiger partial charge in [-0.2, -0.15) is 0 Å². The summed E-state index contributed by atoms with van der Waals surface area (Å²) in [6.07, 6.45) is -0.928. The largest absolute Gasteiger partial charge is 0.451 e. The van der Waals surface area contributed by atoms with E-state index in [2.05, 4.69) is 22.3 Å². The highest BCUT2D eigenvalue weighted by molar-refractivity contribution is 6.33. The Kier molecular flexibility index (Phi) is 8.25. The Morgan fingerprint density at radius 1 is 0.969 bits per heavy atom. The fourth-order valence-electron chi connectivity index (χ4n) is 3.53. The molecule has 7 nitrogen and oxygen atoms in total. The lowest BCUT2D eigenvalue weighted by Gasteiger charge is -2.35. The first-order valence-corrected chi connectivity index (χ1v) is 11.0. The van der Waals surface area contributed by atoms with Crippen LogP contribution in [-0.2, 0) is 20.9 Å². The van der Waals surface area contributed by atoms with E-state index in [-0.39, 0.29) is 11.5 Å². The Bertz CT molecular complexity index is 945. The van der Waals surface area contributed by atoms with E-state index in [1.807, 2.05) is 18.2 Å². The molecule has 2 aromatic carbocycles. The lowest BCUT2D eigenvalue weighted by molar-refractivity contribution is -0.161. The lowest BCUT2D eigenvalue weighted by atomic mass is 10.2. The summed E-state index contributed by atoms with van der Waals surface area (Å²) >= 11 is 6.02. The smallest absolute Gasteiger partial charge is 0.329 e. The molecule has 2 amide bonds. The Labute approximate surface area is 193 Å². The minimum atomic E-state index is -0.928. The third-order valence-corrected chi connectivity index (χ3v) is 5.72. The van der Waals surface area contributed by atoms with Crippen LogP contribution in [0.15, 0.2) is 54.6 Å². The number of amides is 2. The van der Waals surface area contributed by atoms with Crippen molar-refractivity contribution < 1.29 is 19.1 Å². The zero-order valence-electron chi connectivity index (χ0n) is 18.3. The van der Waals surface area contributed by atoms with E-state index < -0.39 is 24.0 Å². The lowest BCUT2D eigenvalue weighted by Crippen LogP contribution is -2.52. The van der Waals surface area contributed by atoms with Gasteiger partial charge < -0.3 is 15.0 Å². The molecule has 170 valence electrons. The van der Waals surface area contributed by atoms with Crippen molar-refractivity contribution >= 4 is 29.4 Å². The number of halogens is 1. The standard InChI is InChI=1S/C24H28ClN3O4/c1-17(26-22(29)20-10-6-7-11-21(20)25)24(31)32-18(2)23(30)28-14-12-27(13-15-28)16-19-8-4-3-5-9-19/h3-11,17-18H,12-16H2,1-2H3,(H,26,29)/t17-,18?/m0/s1. The van der Waals surface area contributed by atoms with Crippen molar-refractivity contribution in [3.05, 3.63) is 70.7 Å². The minimum absolute atomic E-state index is 0.234. The van der Waals surface area contributed by atoms with E-state index in [4.69, 9.17) is 16.3 Å². The summed E-state index contributed by atoms with van der Waals surface area (Å²) in [5, 5.41) is 2.85. The van der Waals surface area contributed by atoms with Crippen molar-refractivity contribution in [2.24, 2.45) is 0 Å². The van der Waals surface area contributed by atoms with Crippen molar-refractivity contribution in [1.82, 2.24) is 15.1 Å². The van der Waals surface area contributed by atoms with Crippen LogP contribution >= 0.6 is 11.6 Å². The average molecular weight is 458 g/mol. The van der Waals surface area contributed by atoms with Gasteiger partial charge in [0.2, 0.25) is 0 Å². The van der Waals surface area contributed by atoms with Gasteiger partial charge in [-0.1, -0.05) is 54.1 Å². The highest BCUT2D eigenvalue weighted by Crippen LogP contribution is 2.15. The van der Waals surface area contributed by atoms with E-state index >= 15 is 0 Å². The summed E-state index contributed by atoms with van der Waals surface area (Å²) in [7, 11) is 0. The molecule has 0 bridgehead atoms. The molecule has 8 heteroatoms. The fourth-order valence-corrected chi connectivity index (χ4v) is 3.75. The summed E-state index contributed by atoms with van der Waals surface area (Å²) in [5.41, 5.74) is 1.51. The van der Waals surface area contributed by atoms with Crippen LogP contribution in [0.3, 0.4) is 0 Å². The molecular formula is C24H28ClN3O4. The zero-order valence-corrected chi connectivity index (χ0v) is 19.0. The summed E-state index contributed by atoms with van der Waals surface area (Å²) in [6, 6.07) is 15.8. The number of esters is 1. The first-order chi connectivity index (χ1) is 15.3. The maximum absolute atomic E-state index is 12.7. The predicted molar refractivity (Wildman–Crippen MR) is 122 cm³/mol. The number of hydrogen-bond donors (Lipinski definition) is 1. The molecular weight excluding hydrogens is 430 g/mol. The van der Waals surface area contributed by atoms with Gasteiger partial charge in [0, 0.05) is 32.7 Å². The molecule has 2 aromatic rings. The number of carbonyl (C=O) groups is 3. The van der Waals surface area contributed by atoms with E-state index in [0.29, 0.717) is 18.1 Å². The molecule has 1 N–H and O–H groups in total. The third kappa shape index (κ3) is 6.31. The van der Waals surface area contributed by atoms with E-state index in [1.54, 1.807) is 36.1 Å². The van der Waals surface area contributed by atoms with Crippen LogP contribution in [0.5, 0.6) is 0 Å². The van der Waals surface area contributed by atoms with Gasteiger partial charge in [-0.05, 0) is 31.5 Å². The normalized spacial score (nSPS) is 16.2. The molecule has 2 atom stereocenters. The van der Waals surface area contributed by atoms with Gasteiger partial charge in [0.25, 0.3) is 11.8 Å². The zero-order chi connectivity index (χ0) is 23.1. The van der Waals surface area contributed by atoms with Crippen molar-refractivity contribution in [1.29, 1.82) is 0 Å². The molecule has 0 aromatic heterocycles. The van der Waals surface area contributed by atoms with Gasteiger partial charge in [-0.15, -0.1) is 0 Å². The number of nitrogens with one attached hydrogen (secondary N) is 1. The molecule has 32 heavy (non-hydrogen) atoms. The molecule has 3 rings (SSSR count). The monoisotopic (exact) mass is 457 g/mol. The van der Waals surface area contributed by atoms with Crippen LogP contribution in [0.2, 0.25) is 5.02 Å². The van der Waals surface area contributed by atoms with Crippen molar-refractivity contribution in [3.8, 4) is 0 Å². The molecule has 1 heterocycles. The van der Waals surface area contributed by atoms with Crippen LogP contribution in [0.1, 0.15) is 29.8 Å². The molecule has 1 fully saturated rings. The van der Waals surface area contributed by atoms with E-state index in [1.165, 1.54) is 12.5 Å². The average Bonchev–Trinajstić information content (AvgIpc) is 2.80. The molecule has 1 saturated heterocycles. The second-order valence-electron chi connectivity index (χ2n) is 7.84. The van der Waals surface area contributed by atoms with Gasteiger partial charge in [-0.25, -0.2) is 4.79 Å². The second-order valence-corrected chi connectivity index (χ2v) is 8.25. The first kappa shape index (κ1) is 23.8. The number of ether oxygens (including phenoxy) is 1. The highest BCUT2D eigenvalue weighted by atomic mass is 35.5. The summed E-state index contributed by atoms with van der Waals surface area (Å²) in [6.45, 7) is 6.57. The fraction of sp³-hybridized carbons (Fsp3) is 0.375. The van der Waals surface area contributed by atoms with Crippen molar-refractivity contribution in [2.45, 2.75) is 32.5 Å². The Morgan fingerprint density at radius 3 is 2.25 bits per heavy atom.